The van der Waals surface area contributed by atoms with Gasteiger partial charge in [-0.15, -0.1) is 0 Å². The first kappa shape index (κ1) is 12.0. The van der Waals surface area contributed by atoms with E-state index in [2.05, 4.69) is 4.90 Å². The summed E-state index contributed by atoms with van der Waals surface area (Å²) in [6, 6.07) is 0. The molecule has 4 nitrogen and oxygen atoms in total. The molecule has 3 heterocycles. The van der Waals surface area contributed by atoms with Crippen molar-refractivity contribution in [2.45, 2.75) is 56.8 Å². The molecule has 4 heteroatoms. The number of aliphatic hydroxyl groups excluding tert-OH is 1. The first-order valence-corrected chi connectivity index (χ1v) is 8.33. The van der Waals surface area contributed by atoms with Crippen LogP contribution in [0.3, 0.4) is 0 Å². The second-order valence-corrected chi connectivity index (χ2v) is 7.72. The van der Waals surface area contributed by atoms with E-state index in [0.717, 1.165) is 51.6 Å². The molecule has 5 aliphatic rings. The molecule has 5 rings (SSSR count). The van der Waals surface area contributed by atoms with E-state index in [1.165, 1.54) is 6.42 Å². The van der Waals surface area contributed by atoms with Gasteiger partial charge in [0.05, 0.1) is 12.0 Å². The van der Waals surface area contributed by atoms with Crippen LogP contribution in [0.5, 0.6) is 0 Å². The number of aliphatic hydroxyl groups is 1. The normalized spacial score (nSPS) is 59.9. The molecule has 0 aromatic carbocycles. The Balaban J connectivity index is 1.74. The van der Waals surface area contributed by atoms with Crippen LogP contribution in [0.2, 0.25) is 0 Å². The molecule has 0 aromatic rings. The van der Waals surface area contributed by atoms with Gasteiger partial charge in [-0.3, -0.25) is 9.69 Å². The van der Waals surface area contributed by atoms with Crippen LogP contribution in [0.4, 0.5) is 0 Å². The van der Waals surface area contributed by atoms with Gasteiger partial charge in [-0.2, -0.15) is 0 Å². The quantitative estimate of drug-likeness (QED) is 0.682. The lowest BCUT2D eigenvalue weighted by Gasteiger charge is -2.59. The fraction of sp³-hybridized carbons (Fsp3) is 0.938. The monoisotopic (exact) mass is 277 g/mol. The third-order valence-corrected chi connectivity index (χ3v) is 7.28. The summed E-state index contributed by atoms with van der Waals surface area (Å²) in [6.07, 6.45) is 7.17. The zero-order valence-corrected chi connectivity index (χ0v) is 11.9. The van der Waals surface area contributed by atoms with Crippen LogP contribution in [0, 0.1) is 23.2 Å². The van der Waals surface area contributed by atoms with E-state index in [-0.39, 0.29) is 29.1 Å². The van der Waals surface area contributed by atoms with Crippen molar-refractivity contribution >= 4 is 5.97 Å². The van der Waals surface area contributed by atoms with Gasteiger partial charge in [-0.1, -0.05) is 0 Å². The Morgan fingerprint density at radius 3 is 3.00 bits per heavy atom. The van der Waals surface area contributed by atoms with E-state index in [9.17, 15) is 9.90 Å². The lowest BCUT2D eigenvalue weighted by molar-refractivity contribution is -0.245. The Labute approximate surface area is 119 Å². The summed E-state index contributed by atoms with van der Waals surface area (Å²) in [5.74, 6) is 0.983. The van der Waals surface area contributed by atoms with E-state index in [1.807, 2.05) is 0 Å². The molecule has 1 N–H and O–H groups in total. The molecule has 20 heavy (non-hydrogen) atoms. The highest BCUT2D eigenvalue weighted by molar-refractivity contribution is 5.76. The van der Waals surface area contributed by atoms with Gasteiger partial charge >= 0.3 is 5.97 Å². The Bertz CT molecular complexity index is 480. The second-order valence-electron chi connectivity index (χ2n) is 7.72. The molecular formula is C16H23NO3. The zero-order valence-electron chi connectivity index (χ0n) is 11.9. The Kier molecular flexibility index (Phi) is 2.15. The van der Waals surface area contributed by atoms with E-state index < -0.39 is 0 Å². The van der Waals surface area contributed by atoms with Crippen molar-refractivity contribution in [2.24, 2.45) is 23.2 Å². The number of carbonyl (C=O) groups is 1. The predicted octanol–water partition coefficient (Wildman–Crippen LogP) is 1.52. The number of rotatable bonds is 0. The van der Waals surface area contributed by atoms with Crippen LogP contribution in [0.1, 0.15) is 44.9 Å². The first-order valence-electron chi connectivity index (χ1n) is 8.33. The molecule has 2 aliphatic carbocycles. The van der Waals surface area contributed by atoms with Gasteiger partial charge in [0.25, 0.3) is 0 Å². The van der Waals surface area contributed by atoms with E-state index in [1.54, 1.807) is 0 Å². The molecule has 4 bridgehead atoms. The number of nitrogens with zero attached hydrogens (tertiary/aromatic N) is 1. The Morgan fingerprint density at radius 1 is 1.25 bits per heavy atom. The highest BCUT2D eigenvalue weighted by Crippen LogP contribution is 2.70. The number of fused-ring (bicyclic) bond motifs is 1. The summed E-state index contributed by atoms with van der Waals surface area (Å²) in [7, 11) is 0. The summed E-state index contributed by atoms with van der Waals surface area (Å²) >= 11 is 0. The lowest BCUT2D eigenvalue weighted by Crippen LogP contribution is -2.67. The minimum absolute atomic E-state index is 0.0424. The van der Waals surface area contributed by atoms with Crippen molar-refractivity contribution in [1.29, 1.82) is 0 Å². The molecule has 3 saturated heterocycles. The number of hydrogen-bond donors (Lipinski definition) is 1. The van der Waals surface area contributed by atoms with Gasteiger partial charge in [0.1, 0.15) is 0 Å². The number of esters is 1. The van der Waals surface area contributed by atoms with Gasteiger partial charge < -0.3 is 9.84 Å². The number of ether oxygens (including phenoxy) is 1. The molecule has 0 radical (unpaired) electrons. The smallest absolute Gasteiger partial charge is 0.310 e. The minimum Gasteiger partial charge on any atom is -0.443 e. The second kappa shape index (κ2) is 3.58. The fourth-order valence-corrected chi connectivity index (χ4v) is 6.80. The summed E-state index contributed by atoms with van der Waals surface area (Å²) in [5.41, 5.74) is -0.293. The molecule has 7 unspecified atom stereocenters. The topological polar surface area (TPSA) is 49.8 Å². The van der Waals surface area contributed by atoms with Crippen LogP contribution in [-0.4, -0.2) is 40.9 Å². The highest BCUT2D eigenvalue weighted by atomic mass is 16.6. The molecule has 0 aromatic heterocycles. The maximum atomic E-state index is 12.3. The van der Waals surface area contributed by atoms with E-state index >= 15 is 0 Å². The van der Waals surface area contributed by atoms with Crippen molar-refractivity contribution in [1.82, 2.24) is 4.90 Å². The third kappa shape index (κ3) is 1.09. The maximum Gasteiger partial charge on any atom is 0.310 e. The van der Waals surface area contributed by atoms with Gasteiger partial charge in [0.15, 0.2) is 5.72 Å². The summed E-state index contributed by atoms with van der Waals surface area (Å²) in [6.45, 7) is 2.11. The number of piperidine rings is 1. The van der Waals surface area contributed by atoms with Crippen molar-refractivity contribution in [2.75, 3.05) is 13.1 Å². The Morgan fingerprint density at radius 2 is 2.10 bits per heavy atom. The molecule has 0 amide bonds. The molecular weight excluding hydrogens is 254 g/mol. The van der Waals surface area contributed by atoms with Crippen LogP contribution in [-0.2, 0) is 9.53 Å². The molecule has 7 atom stereocenters. The maximum absolute atomic E-state index is 12.3. The van der Waals surface area contributed by atoms with Crippen molar-refractivity contribution < 1.29 is 14.6 Å². The van der Waals surface area contributed by atoms with E-state index in [0.29, 0.717) is 11.8 Å². The van der Waals surface area contributed by atoms with Crippen molar-refractivity contribution in [3.05, 3.63) is 0 Å². The van der Waals surface area contributed by atoms with Gasteiger partial charge in [0, 0.05) is 24.9 Å². The fourth-order valence-electron chi connectivity index (χ4n) is 6.80. The summed E-state index contributed by atoms with van der Waals surface area (Å²) in [5, 5.41) is 10.6. The Hall–Kier alpha value is -0.610. The van der Waals surface area contributed by atoms with Gasteiger partial charge in [0.2, 0.25) is 0 Å². The predicted molar refractivity (Wildman–Crippen MR) is 71.6 cm³/mol. The zero-order chi connectivity index (χ0) is 13.5. The molecule has 3 aliphatic heterocycles. The van der Waals surface area contributed by atoms with Gasteiger partial charge in [-0.25, -0.2) is 0 Å². The number of hydrogen-bond acceptors (Lipinski definition) is 4. The largest absolute Gasteiger partial charge is 0.443 e. The van der Waals surface area contributed by atoms with Crippen LogP contribution in [0.25, 0.3) is 0 Å². The summed E-state index contributed by atoms with van der Waals surface area (Å²) in [4.78, 5) is 14.8. The average Bonchev–Trinajstić information content (AvgIpc) is 2.82. The lowest BCUT2D eigenvalue weighted by atomic mass is 9.54. The SMILES string of the molecule is O=C1OC23CC1CC1CC(O)C4CCCN2CCCC143. The molecule has 110 valence electrons. The van der Waals surface area contributed by atoms with Crippen LogP contribution >= 0.6 is 0 Å². The molecule has 5 fully saturated rings. The average molecular weight is 277 g/mol. The van der Waals surface area contributed by atoms with Crippen molar-refractivity contribution in [3.63, 3.8) is 0 Å². The minimum atomic E-state index is -0.353. The molecule has 2 spiro atoms. The summed E-state index contributed by atoms with van der Waals surface area (Å²) < 4.78 is 6.12. The highest BCUT2D eigenvalue weighted by Gasteiger charge is 2.75. The molecule has 2 saturated carbocycles. The third-order valence-electron chi connectivity index (χ3n) is 7.28. The standard InChI is InChI=1S/C16H23NO3/c18-13-8-11-7-10-9-16(20-14(10)19)15(11)4-2-6-17(16)5-1-3-12(13)15/h10-13,18H,1-9H2. The van der Waals surface area contributed by atoms with E-state index in [4.69, 9.17) is 4.74 Å². The number of carbonyl (C=O) groups excluding carboxylic acids is 1. The van der Waals surface area contributed by atoms with Crippen LogP contribution in [0.15, 0.2) is 0 Å². The first-order chi connectivity index (χ1) is 9.67. The van der Waals surface area contributed by atoms with Gasteiger partial charge in [-0.05, 0) is 50.4 Å². The van der Waals surface area contributed by atoms with Crippen LogP contribution < -0.4 is 0 Å². The van der Waals surface area contributed by atoms with Crippen molar-refractivity contribution in [3.8, 4) is 0 Å².